The van der Waals surface area contributed by atoms with Crippen molar-refractivity contribution in [1.82, 2.24) is 39.0 Å². The highest BCUT2D eigenvalue weighted by Gasteiger charge is 2.21. The molecule has 0 aliphatic rings. The van der Waals surface area contributed by atoms with E-state index in [4.69, 9.17) is 29.9 Å². The second-order valence-corrected chi connectivity index (χ2v) is 19.9. The summed E-state index contributed by atoms with van der Waals surface area (Å²) in [5.74, 6) is 3.84. The van der Waals surface area contributed by atoms with E-state index in [0.717, 1.165) is 89.1 Å². The molecule has 0 aliphatic heterocycles. The van der Waals surface area contributed by atoms with Crippen LogP contribution in [0.5, 0.6) is 0 Å². The van der Waals surface area contributed by atoms with Gasteiger partial charge in [-0.25, -0.2) is 29.9 Å². The molecule has 15 rings (SSSR count). The largest absolute Gasteiger partial charge is 0.309 e. The molecule has 0 aliphatic carbocycles. The normalized spacial score (nSPS) is 11.5. The molecule has 374 valence electrons. The van der Waals surface area contributed by atoms with Gasteiger partial charge in [0.1, 0.15) is 0 Å². The van der Waals surface area contributed by atoms with Gasteiger partial charge in [-0.3, -0.25) is 0 Å². The summed E-state index contributed by atoms with van der Waals surface area (Å²) in [7, 11) is 0. The SMILES string of the molecule is c1ccc(-c2nc(-c3ccccc3)nc(-c3ccc(-c4ccc(-n5c6ccccc6c6c7c8ccccc8n(-c8ccc(-c9ccc(-c%10nc(-c%11ccccc%11)nc(-c%11ccccc%11)n%10)cc9)cc8)c7ccc65)cc4)cc3)n2)cc1. The molecular weight excluding hydrogens is 977 g/mol. The standard InChI is InChI=1S/C72H46N8/c1-5-17-51(18-6-1)67-73-68(52-19-7-2-8-20-52)76-71(75-67)55-33-29-47(30-34-55)49-37-41-57(42-38-49)79-61-27-15-13-25-59(61)65-63(79)45-46-64-66(65)60-26-14-16-28-62(60)80(64)58-43-39-50(40-44-58)48-31-35-56(36-32-48)72-77-69(53-21-9-3-10-22-53)74-70(78-72)54-23-11-4-12-24-54/h1-46H. The zero-order chi connectivity index (χ0) is 52.9. The van der Waals surface area contributed by atoms with Gasteiger partial charge in [-0.1, -0.05) is 231 Å². The number of benzene rings is 11. The van der Waals surface area contributed by atoms with Crippen LogP contribution in [-0.4, -0.2) is 39.0 Å². The molecule has 0 spiro atoms. The lowest BCUT2D eigenvalue weighted by Gasteiger charge is -2.11. The van der Waals surface area contributed by atoms with Crippen molar-refractivity contribution in [2.24, 2.45) is 0 Å². The van der Waals surface area contributed by atoms with Gasteiger partial charge in [0, 0.05) is 66.3 Å². The fourth-order valence-corrected chi connectivity index (χ4v) is 11.2. The molecule has 0 amide bonds. The van der Waals surface area contributed by atoms with Crippen LogP contribution < -0.4 is 0 Å². The maximum atomic E-state index is 4.95. The Kier molecular flexibility index (Phi) is 11.3. The molecule has 0 saturated heterocycles. The maximum Gasteiger partial charge on any atom is 0.164 e. The monoisotopic (exact) mass is 1020 g/mol. The van der Waals surface area contributed by atoms with Gasteiger partial charge < -0.3 is 9.13 Å². The van der Waals surface area contributed by atoms with Crippen molar-refractivity contribution in [3.05, 3.63) is 279 Å². The summed E-state index contributed by atoms with van der Waals surface area (Å²) < 4.78 is 4.81. The number of hydrogen-bond donors (Lipinski definition) is 0. The van der Waals surface area contributed by atoms with E-state index in [1.807, 2.05) is 121 Å². The summed E-state index contributed by atoms with van der Waals surface area (Å²) in [5.41, 5.74) is 16.9. The number of aromatic nitrogens is 8. The summed E-state index contributed by atoms with van der Waals surface area (Å²) in [6, 6.07) is 97.3. The average Bonchev–Trinajstić information content (AvgIpc) is 4.25. The highest BCUT2D eigenvalue weighted by Crippen LogP contribution is 2.43. The Morgan fingerprint density at radius 1 is 0.175 bits per heavy atom. The molecule has 8 heteroatoms. The lowest BCUT2D eigenvalue weighted by Crippen LogP contribution is -2.00. The number of rotatable bonds is 10. The van der Waals surface area contributed by atoms with Crippen LogP contribution in [0.1, 0.15) is 0 Å². The van der Waals surface area contributed by atoms with Crippen LogP contribution in [0.3, 0.4) is 0 Å². The van der Waals surface area contributed by atoms with E-state index in [-0.39, 0.29) is 0 Å². The van der Waals surface area contributed by atoms with Gasteiger partial charge in [0.2, 0.25) is 0 Å². The van der Waals surface area contributed by atoms with Crippen LogP contribution in [0.4, 0.5) is 0 Å². The van der Waals surface area contributed by atoms with Gasteiger partial charge >= 0.3 is 0 Å². The lowest BCUT2D eigenvalue weighted by atomic mass is 10.0. The quantitative estimate of drug-likeness (QED) is 0.136. The Bertz CT molecular complexity index is 4330. The third-order valence-corrected chi connectivity index (χ3v) is 15.1. The smallest absolute Gasteiger partial charge is 0.164 e. The van der Waals surface area contributed by atoms with Crippen LogP contribution >= 0.6 is 0 Å². The Balaban J connectivity index is 0.748. The van der Waals surface area contributed by atoms with Gasteiger partial charge in [0.05, 0.1) is 22.1 Å². The molecule has 0 bridgehead atoms. The summed E-state index contributed by atoms with van der Waals surface area (Å²) in [5, 5.41) is 4.89. The van der Waals surface area contributed by atoms with Gasteiger partial charge in [-0.05, 0) is 70.8 Å². The summed E-state index contributed by atoms with van der Waals surface area (Å²) >= 11 is 0. The van der Waals surface area contributed by atoms with Crippen molar-refractivity contribution >= 4 is 43.6 Å². The van der Waals surface area contributed by atoms with E-state index >= 15 is 0 Å². The number of fused-ring (bicyclic) bond motifs is 7. The second-order valence-electron chi connectivity index (χ2n) is 19.9. The molecule has 4 heterocycles. The lowest BCUT2D eigenvalue weighted by molar-refractivity contribution is 1.07. The summed E-state index contributed by atoms with van der Waals surface area (Å²) in [4.78, 5) is 29.6. The molecule has 11 aromatic carbocycles. The topological polar surface area (TPSA) is 87.2 Å². The van der Waals surface area contributed by atoms with Crippen molar-refractivity contribution in [2.45, 2.75) is 0 Å². The second kappa shape index (κ2) is 19.6. The molecule has 80 heavy (non-hydrogen) atoms. The molecular formula is C72H46N8. The molecule has 0 saturated carbocycles. The number of hydrogen-bond acceptors (Lipinski definition) is 6. The Hall–Kier alpha value is -11.0. The molecule has 0 fully saturated rings. The third-order valence-electron chi connectivity index (χ3n) is 15.1. The Morgan fingerprint density at radius 3 is 0.688 bits per heavy atom. The van der Waals surface area contributed by atoms with E-state index in [1.165, 1.54) is 21.5 Å². The van der Waals surface area contributed by atoms with Crippen molar-refractivity contribution in [1.29, 1.82) is 0 Å². The molecule has 15 aromatic rings. The van der Waals surface area contributed by atoms with Gasteiger partial charge in [-0.15, -0.1) is 0 Å². The van der Waals surface area contributed by atoms with E-state index < -0.39 is 0 Å². The highest BCUT2D eigenvalue weighted by atomic mass is 15.0. The summed E-state index contributed by atoms with van der Waals surface area (Å²) in [6.45, 7) is 0. The molecule has 4 aromatic heterocycles. The molecule has 0 N–H and O–H groups in total. The van der Waals surface area contributed by atoms with Crippen LogP contribution in [0.15, 0.2) is 279 Å². The van der Waals surface area contributed by atoms with Crippen molar-refractivity contribution < 1.29 is 0 Å². The number of nitrogens with zero attached hydrogens (tertiary/aromatic N) is 8. The first-order valence-corrected chi connectivity index (χ1v) is 26.8. The molecule has 0 atom stereocenters. The van der Waals surface area contributed by atoms with Crippen molar-refractivity contribution in [3.8, 4) is 102 Å². The molecule has 0 unspecified atom stereocenters. The zero-order valence-electron chi connectivity index (χ0n) is 43.1. The van der Waals surface area contributed by atoms with Crippen molar-refractivity contribution in [3.63, 3.8) is 0 Å². The van der Waals surface area contributed by atoms with E-state index in [2.05, 4.69) is 167 Å². The average molecular weight is 1020 g/mol. The Morgan fingerprint density at radius 2 is 0.400 bits per heavy atom. The molecule has 0 radical (unpaired) electrons. The fraction of sp³-hybridized carbons (Fsp3) is 0. The first kappa shape index (κ1) is 46.4. The van der Waals surface area contributed by atoms with E-state index in [9.17, 15) is 0 Å². The minimum absolute atomic E-state index is 0.633. The molecule has 8 nitrogen and oxygen atoms in total. The van der Waals surface area contributed by atoms with E-state index in [0.29, 0.717) is 34.9 Å². The third kappa shape index (κ3) is 8.27. The van der Waals surface area contributed by atoms with E-state index in [1.54, 1.807) is 0 Å². The minimum Gasteiger partial charge on any atom is -0.309 e. The van der Waals surface area contributed by atoms with Crippen molar-refractivity contribution in [2.75, 3.05) is 0 Å². The summed E-state index contributed by atoms with van der Waals surface area (Å²) in [6.07, 6.45) is 0. The van der Waals surface area contributed by atoms with Gasteiger partial charge in [0.15, 0.2) is 34.9 Å². The minimum atomic E-state index is 0.633. The predicted molar refractivity (Wildman–Crippen MR) is 325 cm³/mol. The van der Waals surface area contributed by atoms with Gasteiger partial charge in [0.25, 0.3) is 0 Å². The maximum absolute atomic E-state index is 4.95. The highest BCUT2D eigenvalue weighted by molar-refractivity contribution is 6.29. The zero-order valence-corrected chi connectivity index (χ0v) is 43.1. The van der Waals surface area contributed by atoms with Crippen LogP contribution in [0.2, 0.25) is 0 Å². The number of para-hydroxylation sites is 2. The van der Waals surface area contributed by atoms with Crippen LogP contribution in [-0.2, 0) is 0 Å². The first-order chi connectivity index (χ1) is 39.6. The van der Waals surface area contributed by atoms with Gasteiger partial charge in [-0.2, -0.15) is 0 Å². The fourth-order valence-electron chi connectivity index (χ4n) is 11.2. The van der Waals surface area contributed by atoms with Crippen LogP contribution in [0.25, 0.3) is 146 Å². The predicted octanol–water partition coefficient (Wildman–Crippen LogP) is 17.6. The van der Waals surface area contributed by atoms with Crippen LogP contribution in [0, 0.1) is 0 Å². The first-order valence-electron chi connectivity index (χ1n) is 26.8. The Labute approximate surface area is 461 Å².